The molecule has 0 radical (unpaired) electrons. The van der Waals surface area contributed by atoms with E-state index in [1.165, 1.54) is 31.3 Å². The Morgan fingerprint density at radius 3 is 2.17 bits per heavy atom. The van der Waals surface area contributed by atoms with E-state index in [1.54, 1.807) is 0 Å². The first-order valence-electron chi connectivity index (χ1n) is 12.5. The highest BCUT2D eigenvalue weighted by atomic mass is 28.4. The Hall–Kier alpha value is 0.0538. The lowest BCUT2D eigenvalue weighted by Crippen LogP contribution is -2.57. The van der Waals surface area contributed by atoms with Crippen molar-refractivity contribution in [2.45, 2.75) is 116 Å². The minimum atomic E-state index is -1.67. The number of aliphatic hydroxyl groups excluding tert-OH is 1. The number of hydrogen-bond donors (Lipinski definition) is 1. The summed E-state index contributed by atoms with van der Waals surface area (Å²) >= 11 is 0. The molecule has 0 amide bonds. The van der Waals surface area contributed by atoms with E-state index in [-0.39, 0.29) is 17.6 Å². The van der Waals surface area contributed by atoms with Gasteiger partial charge >= 0.3 is 0 Å². The molecule has 0 bridgehead atoms. The van der Waals surface area contributed by atoms with Crippen LogP contribution in [0.5, 0.6) is 0 Å². The Labute approximate surface area is 187 Å². The van der Waals surface area contributed by atoms with Crippen LogP contribution >= 0.6 is 0 Å². The molecule has 0 unspecified atom stereocenters. The highest BCUT2D eigenvalue weighted by Crippen LogP contribution is 2.65. The van der Waals surface area contributed by atoms with Crippen molar-refractivity contribution in [2.75, 3.05) is 0 Å². The third kappa shape index (κ3) is 4.07. The smallest absolute Gasteiger partial charge is 0.184 e. The molecule has 8 atom stereocenters. The molecule has 4 aliphatic carbocycles. The minimum absolute atomic E-state index is 0.164. The van der Waals surface area contributed by atoms with E-state index >= 15 is 0 Å². The maximum atomic E-state index is 10.4. The van der Waals surface area contributed by atoms with Gasteiger partial charge in [0.2, 0.25) is 0 Å². The summed E-state index contributed by atoms with van der Waals surface area (Å²) in [6.07, 6.45) is 11.0. The summed E-state index contributed by atoms with van der Waals surface area (Å²) in [7, 11) is -3.23. The Morgan fingerprint density at radius 1 is 0.867 bits per heavy atom. The fourth-order valence-electron chi connectivity index (χ4n) is 7.70. The van der Waals surface area contributed by atoms with Gasteiger partial charge in [0.25, 0.3) is 0 Å². The predicted octanol–water partition coefficient (Wildman–Crippen LogP) is 6.36. The lowest BCUT2D eigenvalue weighted by molar-refractivity contribution is -0.0986. The summed E-state index contributed by atoms with van der Waals surface area (Å²) in [6.45, 7) is 19.1. The first kappa shape index (κ1) is 23.2. The third-order valence-corrected chi connectivity index (χ3v) is 11.0. The summed E-state index contributed by atoms with van der Waals surface area (Å²) in [6, 6.07) is 0. The Bertz CT molecular complexity index is 693. The van der Waals surface area contributed by atoms with Gasteiger partial charge in [-0.3, -0.25) is 0 Å². The molecule has 0 aromatic carbocycles. The molecule has 30 heavy (non-hydrogen) atoms. The van der Waals surface area contributed by atoms with Gasteiger partial charge in [0, 0.05) is 0 Å². The molecule has 0 aromatic rings. The summed E-state index contributed by atoms with van der Waals surface area (Å²) < 4.78 is 13.7. The Morgan fingerprint density at radius 2 is 1.53 bits per heavy atom. The van der Waals surface area contributed by atoms with Crippen LogP contribution in [0.3, 0.4) is 0 Å². The standard InChI is InChI=1S/C25H46O3Si2/c1-24-13-11-18(26)15-17(24)16-21(27-29(3,4)5)23-19-9-10-22(28-30(6,7)8)25(19,2)14-12-20(23)24/h16,18-23,26H,9-15H2,1-8H3/t18-,19-,20-,21-,22-,23-,24-,25-/m0/s1. The quantitative estimate of drug-likeness (QED) is 0.400. The van der Waals surface area contributed by atoms with E-state index in [0.29, 0.717) is 29.3 Å². The first-order chi connectivity index (χ1) is 13.7. The SMILES string of the molecule is C[C@]12CC[C@H]3[C@@H]([C@@H](O[Si](C)(C)C)C=C4C[C@@H](O)CC[C@@]43C)[C@@H]1CC[C@@H]2O[Si](C)(C)C. The second kappa shape index (κ2) is 7.54. The van der Waals surface area contributed by atoms with Gasteiger partial charge in [-0.15, -0.1) is 0 Å². The molecule has 3 saturated carbocycles. The molecule has 4 rings (SSSR count). The predicted molar refractivity (Wildman–Crippen MR) is 130 cm³/mol. The van der Waals surface area contributed by atoms with Crippen molar-refractivity contribution in [1.82, 2.24) is 0 Å². The second-order valence-electron chi connectivity index (χ2n) is 13.3. The van der Waals surface area contributed by atoms with Gasteiger partial charge in [0.15, 0.2) is 16.6 Å². The zero-order chi connectivity index (χ0) is 22.1. The summed E-state index contributed by atoms with van der Waals surface area (Å²) in [5.41, 5.74) is 2.04. The van der Waals surface area contributed by atoms with E-state index < -0.39 is 16.6 Å². The fraction of sp³-hybridized carbons (Fsp3) is 0.920. The molecule has 3 fully saturated rings. The fourth-order valence-corrected chi connectivity index (χ4v) is 9.98. The second-order valence-corrected chi connectivity index (χ2v) is 22.3. The maximum Gasteiger partial charge on any atom is 0.184 e. The Kier molecular flexibility index (Phi) is 5.84. The van der Waals surface area contributed by atoms with E-state index in [2.05, 4.69) is 59.2 Å². The molecule has 0 aliphatic heterocycles. The summed E-state index contributed by atoms with van der Waals surface area (Å²) in [5, 5.41) is 10.4. The molecule has 0 heterocycles. The van der Waals surface area contributed by atoms with Crippen molar-refractivity contribution in [3.63, 3.8) is 0 Å². The van der Waals surface area contributed by atoms with Gasteiger partial charge in [-0.2, -0.15) is 0 Å². The molecule has 172 valence electrons. The highest BCUT2D eigenvalue weighted by Gasteiger charge is 2.61. The van der Waals surface area contributed by atoms with Crippen LogP contribution in [-0.2, 0) is 8.85 Å². The van der Waals surface area contributed by atoms with Crippen LogP contribution in [0.1, 0.15) is 58.8 Å². The molecular formula is C25H46O3Si2. The van der Waals surface area contributed by atoms with Crippen LogP contribution in [0.15, 0.2) is 11.6 Å². The molecule has 1 N–H and O–H groups in total. The van der Waals surface area contributed by atoms with Gasteiger partial charge in [-0.05, 0) is 113 Å². The number of fused-ring (bicyclic) bond motifs is 5. The van der Waals surface area contributed by atoms with Crippen LogP contribution in [0.2, 0.25) is 39.3 Å². The van der Waals surface area contributed by atoms with Crippen molar-refractivity contribution in [3.05, 3.63) is 11.6 Å². The van der Waals surface area contributed by atoms with Crippen molar-refractivity contribution in [1.29, 1.82) is 0 Å². The minimum Gasteiger partial charge on any atom is -0.414 e. The van der Waals surface area contributed by atoms with Crippen LogP contribution in [0, 0.1) is 28.6 Å². The van der Waals surface area contributed by atoms with Gasteiger partial charge in [0.05, 0.1) is 18.3 Å². The van der Waals surface area contributed by atoms with Crippen LogP contribution in [0.25, 0.3) is 0 Å². The normalized spacial score (nSPS) is 46.6. The first-order valence-corrected chi connectivity index (χ1v) is 19.3. The largest absolute Gasteiger partial charge is 0.414 e. The number of rotatable bonds is 4. The molecule has 5 heteroatoms. The summed E-state index contributed by atoms with van der Waals surface area (Å²) in [5.74, 6) is 1.99. The maximum absolute atomic E-state index is 10.4. The highest BCUT2D eigenvalue weighted by molar-refractivity contribution is 6.70. The lowest BCUT2D eigenvalue weighted by Gasteiger charge is -2.60. The van der Waals surface area contributed by atoms with E-state index in [4.69, 9.17) is 8.85 Å². The third-order valence-electron chi connectivity index (χ3n) is 8.98. The monoisotopic (exact) mass is 450 g/mol. The summed E-state index contributed by atoms with van der Waals surface area (Å²) in [4.78, 5) is 0. The van der Waals surface area contributed by atoms with Crippen LogP contribution in [-0.4, -0.2) is 40.1 Å². The average molecular weight is 451 g/mol. The van der Waals surface area contributed by atoms with Crippen molar-refractivity contribution in [3.8, 4) is 0 Å². The zero-order valence-electron chi connectivity index (χ0n) is 20.8. The van der Waals surface area contributed by atoms with Crippen LogP contribution < -0.4 is 0 Å². The van der Waals surface area contributed by atoms with E-state index in [1.807, 2.05) is 0 Å². The van der Waals surface area contributed by atoms with Gasteiger partial charge in [-0.25, -0.2) is 0 Å². The van der Waals surface area contributed by atoms with Crippen molar-refractivity contribution in [2.24, 2.45) is 28.6 Å². The van der Waals surface area contributed by atoms with Crippen LogP contribution in [0.4, 0.5) is 0 Å². The molecule has 4 aliphatic rings. The zero-order valence-corrected chi connectivity index (χ0v) is 22.8. The molecule has 3 nitrogen and oxygen atoms in total. The van der Waals surface area contributed by atoms with Crippen molar-refractivity contribution < 1.29 is 14.0 Å². The number of hydrogen-bond acceptors (Lipinski definition) is 3. The average Bonchev–Trinajstić information content (AvgIpc) is 2.90. The van der Waals surface area contributed by atoms with E-state index in [9.17, 15) is 5.11 Å². The van der Waals surface area contributed by atoms with E-state index in [0.717, 1.165) is 19.3 Å². The lowest BCUT2D eigenvalue weighted by atomic mass is 9.47. The molecule has 0 spiro atoms. The Balaban J connectivity index is 1.71. The van der Waals surface area contributed by atoms with Crippen molar-refractivity contribution >= 4 is 16.6 Å². The molecule has 0 saturated heterocycles. The van der Waals surface area contributed by atoms with Gasteiger partial charge in [0.1, 0.15) is 0 Å². The molecule has 0 aromatic heterocycles. The van der Waals surface area contributed by atoms with Gasteiger partial charge < -0.3 is 14.0 Å². The number of aliphatic hydroxyl groups is 1. The molecular weight excluding hydrogens is 404 g/mol. The van der Waals surface area contributed by atoms with Gasteiger partial charge in [-0.1, -0.05) is 25.5 Å². The topological polar surface area (TPSA) is 38.7 Å².